The van der Waals surface area contributed by atoms with Gasteiger partial charge in [-0.05, 0) is 59.5 Å². The zero-order chi connectivity index (χ0) is 14.9. The molecule has 20 heavy (non-hydrogen) atoms. The number of hydrogen-bond acceptors (Lipinski definition) is 2. The van der Waals surface area contributed by atoms with Gasteiger partial charge in [0.1, 0.15) is 0 Å². The number of hydrogen-bond donors (Lipinski definition) is 0. The summed E-state index contributed by atoms with van der Waals surface area (Å²) >= 11 is 3.68. The van der Waals surface area contributed by atoms with E-state index in [1.165, 1.54) is 22.5 Å². The van der Waals surface area contributed by atoms with E-state index < -0.39 is 0 Å². The third-order valence-electron chi connectivity index (χ3n) is 3.54. The highest BCUT2D eigenvalue weighted by Gasteiger charge is 2.14. The molecule has 0 aliphatic heterocycles. The third-order valence-corrected chi connectivity index (χ3v) is 4.45. The first-order chi connectivity index (χ1) is 9.42. The maximum atomic E-state index is 4.55. The Morgan fingerprint density at radius 3 is 2.30 bits per heavy atom. The summed E-state index contributed by atoms with van der Waals surface area (Å²) in [5.74, 6) is 0. The summed E-state index contributed by atoms with van der Waals surface area (Å²) in [5, 5.41) is 4.55. The fraction of sp³-hybridized carbons (Fsp3) is 0.438. The molecule has 0 aliphatic carbocycles. The van der Waals surface area contributed by atoms with Gasteiger partial charge in [-0.1, -0.05) is 13.0 Å². The van der Waals surface area contributed by atoms with Crippen LogP contribution in [0.5, 0.6) is 0 Å². The molecule has 4 heteroatoms. The number of nitrogens with zero attached hydrogens (tertiary/aromatic N) is 3. The topological polar surface area (TPSA) is 21.1 Å². The molecule has 0 bridgehead atoms. The molecule has 0 N–H and O–H groups in total. The van der Waals surface area contributed by atoms with E-state index in [-0.39, 0.29) is 0 Å². The molecule has 2 aromatic rings. The van der Waals surface area contributed by atoms with Gasteiger partial charge in [0, 0.05) is 19.8 Å². The highest BCUT2D eigenvalue weighted by Crippen LogP contribution is 2.25. The average Bonchev–Trinajstić information content (AvgIpc) is 2.65. The van der Waals surface area contributed by atoms with Crippen LogP contribution < -0.4 is 4.90 Å². The Bertz CT molecular complexity index is 596. The van der Waals surface area contributed by atoms with Crippen LogP contribution in [0.2, 0.25) is 0 Å². The number of anilines is 1. The lowest BCUT2D eigenvalue weighted by Gasteiger charge is -2.21. The molecular formula is C16H22BrN3. The van der Waals surface area contributed by atoms with E-state index in [9.17, 15) is 0 Å². The largest absolute Gasteiger partial charge is 0.369 e. The van der Waals surface area contributed by atoms with Crippen molar-refractivity contribution in [2.75, 3.05) is 11.9 Å². The molecule has 1 heterocycles. The normalized spacial score (nSPS) is 10.9. The van der Waals surface area contributed by atoms with Crippen LogP contribution in [0.15, 0.2) is 22.7 Å². The van der Waals surface area contributed by atoms with E-state index in [4.69, 9.17) is 0 Å². The first-order valence-electron chi connectivity index (χ1n) is 6.92. The van der Waals surface area contributed by atoms with Crippen LogP contribution in [0.25, 0.3) is 0 Å². The molecule has 0 radical (unpaired) electrons. The van der Waals surface area contributed by atoms with Crippen molar-refractivity contribution >= 4 is 21.6 Å². The molecule has 1 aromatic heterocycles. The lowest BCUT2D eigenvalue weighted by molar-refractivity contribution is 0.688. The van der Waals surface area contributed by atoms with Gasteiger partial charge in [0.15, 0.2) is 0 Å². The van der Waals surface area contributed by atoms with Gasteiger partial charge in [0.05, 0.1) is 22.4 Å². The van der Waals surface area contributed by atoms with Crippen LogP contribution in [-0.4, -0.2) is 16.8 Å². The van der Waals surface area contributed by atoms with E-state index in [2.05, 4.69) is 71.9 Å². The quantitative estimate of drug-likeness (QED) is 0.842. The summed E-state index contributed by atoms with van der Waals surface area (Å²) < 4.78 is 3.11. The molecule has 2 rings (SSSR count). The standard InChI is InChI=1S/C16H22BrN3/c1-6-14-16(17)15(20(5)18-14)10-19(4)13-8-11(2)7-12(3)9-13/h7-9H,6,10H2,1-5H3. The van der Waals surface area contributed by atoms with Crippen molar-refractivity contribution in [2.45, 2.75) is 33.7 Å². The Morgan fingerprint density at radius 1 is 1.20 bits per heavy atom. The highest BCUT2D eigenvalue weighted by molar-refractivity contribution is 9.10. The second-order valence-electron chi connectivity index (χ2n) is 5.39. The maximum Gasteiger partial charge on any atom is 0.0767 e. The molecule has 1 aromatic carbocycles. The van der Waals surface area contributed by atoms with Gasteiger partial charge in [0.25, 0.3) is 0 Å². The first-order valence-corrected chi connectivity index (χ1v) is 7.71. The predicted octanol–water partition coefficient (Wildman–Crippen LogP) is 4.00. The molecule has 0 aliphatic rings. The second kappa shape index (κ2) is 6.00. The number of rotatable bonds is 4. The van der Waals surface area contributed by atoms with Crippen LogP contribution in [0, 0.1) is 13.8 Å². The van der Waals surface area contributed by atoms with E-state index in [0.717, 1.165) is 23.1 Å². The Morgan fingerprint density at radius 2 is 1.80 bits per heavy atom. The van der Waals surface area contributed by atoms with Gasteiger partial charge in [-0.2, -0.15) is 5.10 Å². The summed E-state index contributed by atoms with van der Waals surface area (Å²) in [6.07, 6.45) is 0.946. The van der Waals surface area contributed by atoms with Crippen LogP contribution in [0.3, 0.4) is 0 Å². The van der Waals surface area contributed by atoms with Crippen LogP contribution in [0.4, 0.5) is 5.69 Å². The van der Waals surface area contributed by atoms with Gasteiger partial charge >= 0.3 is 0 Å². The minimum atomic E-state index is 0.840. The predicted molar refractivity (Wildman–Crippen MR) is 88.3 cm³/mol. The zero-order valence-corrected chi connectivity index (χ0v) is 14.5. The van der Waals surface area contributed by atoms with Crippen LogP contribution in [0.1, 0.15) is 29.4 Å². The molecular weight excluding hydrogens is 314 g/mol. The lowest BCUT2D eigenvalue weighted by atomic mass is 10.1. The third kappa shape index (κ3) is 3.06. The summed E-state index contributed by atoms with van der Waals surface area (Å²) in [5.41, 5.74) is 6.17. The first kappa shape index (κ1) is 15.1. The van der Waals surface area contributed by atoms with E-state index in [1.54, 1.807) is 0 Å². The monoisotopic (exact) mass is 335 g/mol. The number of aryl methyl sites for hydroxylation is 4. The van der Waals surface area contributed by atoms with Crippen molar-refractivity contribution < 1.29 is 0 Å². The average molecular weight is 336 g/mol. The molecule has 3 nitrogen and oxygen atoms in total. The summed E-state index contributed by atoms with van der Waals surface area (Å²) in [6.45, 7) is 7.25. The molecule has 0 fully saturated rings. The van der Waals surface area contributed by atoms with Gasteiger partial charge in [-0.15, -0.1) is 0 Å². The van der Waals surface area contributed by atoms with Gasteiger partial charge in [-0.25, -0.2) is 0 Å². The summed E-state index contributed by atoms with van der Waals surface area (Å²) in [4.78, 5) is 2.27. The Labute approximate surface area is 129 Å². The van der Waals surface area contributed by atoms with E-state index in [1.807, 2.05) is 11.7 Å². The van der Waals surface area contributed by atoms with Crippen molar-refractivity contribution in [2.24, 2.45) is 7.05 Å². The van der Waals surface area contributed by atoms with Gasteiger partial charge < -0.3 is 4.90 Å². The Hall–Kier alpha value is -1.29. The van der Waals surface area contributed by atoms with Crippen molar-refractivity contribution in [3.8, 4) is 0 Å². The maximum absolute atomic E-state index is 4.55. The summed E-state index contributed by atoms with van der Waals surface area (Å²) in [7, 11) is 4.13. The molecule has 0 spiro atoms. The minimum Gasteiger partial charge on any atom is -0.369 e. The summed E-state index contributed by atoms with van der Waals surface area (Å²) in [6, 6.07) is 6.64. The van der Waals surface area contributed by atoms with Gasteiger partial charge in [-0.3, -0.25) is 4.68 Å². The van der Waals surface area contributed by atoms with Gasteiger partial charge in [0.2, 0.25) is 0 Å². The number of aromatic nitrogens is 2. The van der Waals surface area contributed by atoms with Crippen molar-refractivity contribution in [1.82, 2.24) is 9.78 Å². The highest BCUT2D eigenvalue weighted by atomic mass is 79.9. The van der Waals surface area contributed by atoms with Crippen molar-refractivity contribution in [3.05, 3.63) is 45.2 Å². The second-order valence-corrected chi connectivity index (χ2v) is 6.18. The van der Waals surface area contributed by atoms with Crippen molar-refractivity contribution in [1.29, 1.82) is 0 Å². The molecule has 0 saturated carbocycles. The van der Waals surface area contributed by atoms with Crippen LogP contribution in [-0.2, 0) is 20.0 Å². The zero-order valence-electron chi connectivity index (χ0n) is 12.9. The van der Waals surface area contributed by atoms with E-state index >= 15 is 0 Å². The molecule has 108 valence electrons. The minimum absolute atomic E-state index is 0.840. The number of halogens is 1. The molecule has 0 saturated heterocycles. The Balaban J connectivity index is 2.27. The fourth-order valence-electron chi connectivity index (χ4n) is 2.48. The molecule has 0 unspecified atom stereocenters. The lowest BCUT2D eigenvalue weighted by Crippen LogP contribution is -2.19. The molecule has 0 atom stereocenters. The fourth-order valence-corrected chi connectivity index (χ4v) is 3.22. The SMILES string of the molecule is CCc1nn(C)c(CN(C)c2cc(C)cc(C)c2)c1Br. The number of benzene rings is 1. The van der Waals surface area contributed by atoms with Crippen LogP contribution >= 0.6 is 15.9 Å². The molecule has 0 amide bonds. The smallest absolute Gasteiger partial charge is 0.0767 e. The van der Waals surface area contributed by atoms with E-state index in [0.29, 0.717) is 0 Å². The van der Waals surface area contributed by atoms with Crippen molar-refractivity contribution in [3.63, 3.8) is 0 Å². The Kier molecular flexibility index (Phi) is 4.53.